The molecule has 0 aliphatic carbocycles. The van der Waals surface area contributed by atoms with E-state index in [1.165, 1.54) is 0 Å². The lowest BCUT2D eigenvalue weighted by Gasteiger charge is -2.13. The highest BCUT2D eigenvalue weighted by molar-refractivity contribution is 5.93. The van der Waals surface area contributed by atoms with Crippen molar-refractivity contribution in [2.45, 2.75) is 0 Å². The Labute approximate surface area is 177 Å². The van der Waals surface area contributed by atoms with Crippen LogP contribution in [0.2, 0.25) is 0 Å². The Bertz CT molecular complexity index is 1090. The van der Waals surface area contributed by atoms with Crippen LogP contribution in [0.15, 0.2) is 97.1 Å². The number of para-hydroxylation sites is 2. The van der Waals surface area contributed by atoms with Crippen molar-refractivity contribution in [3.05, 3.63) is 119 Å². The van der Waals surface area contributed by atoms with E-state index in [9.17, 15) is 0 Å². The van der Waals surface area contributed by atoms with Crippen LogP contribution < -0.4 is 11.5 Å². The second-order valence-corrected chi connectivity index (χ2v) is 7.10. The molecule has 4 N–H and O–H groups in total. The first-order valence-corrected chi connectivity index (χ1v) is 9.96. The fourth-order valence-corrected chi connectivity index (χ4v) is 3.43. The third-order valence-electron chi connectivity index (χ3n) is 5.08. The minimum absolute atomic E-state index is 0.723. The lowest BCUT2D eigenvalue weighted by atomic mass is 9.96. The van der Waals surface area contributed by atoms with Gasteiger partial charge in [0.05, 0.1) is 0 Å². The number of hydrogen-bond acceptors (Lipinski definition) is 2. The van der Waals surface area contributed by atoms with Gasteiger partial charge < -0.3 is 11.5 Å². The van der Waals surface area contributed by atoms with Gasteiger partial charge in [0.15, 0.2) is 0 Å². The summed E-state index contributed by atoms with van der Waals surface area (Å²) in [5, 5.41) is 0. The third-order valence-corrected chi connectivity index (χ3v) is 5.08. The number of benzene rings is 4. The summed E-state index contributed by atoms with van der Waals surface area (Å²) >= 11 is 0. The summed E-state index contributed by atoms with van der Waals surface area (Å²) in [5.74, 6) is 0. The summed E-state index contributed by atoms with van der Waals surface area (Å²) in [6, 6.07) is 32.5. The van der Waals surface area contributed by atoms with E-state index in [2.05, 4.69) is 36.4 Å². The molecule has 0 atom stereocenters. The molecule has 2 heteroatoms. The molecule has 0 unspecified atom stereocenters. The van der Waals surface area contributed by atoms with Crippen molar-refractivity contribution in [3.8, 4) is 11.1 Å². The van der Waals surface area contributed by atoms with E-state index < -0.39 is 0 Å². The largest absolute Gasteiger partial charge is 0.398 e. The summed E-state index contributed by atoms with van der Waals surface area (Å²) in [6.45, 7) is 0. The molecule has 0 bridgehead atoms. The van der Waals surface area contributed by atoms with Crippen molar-refractivity contribution in [1.29, 1.82) is 0 Å². The summed E-state index contributed by atoms with van der Waals surface area (Å²) in [4.78, 5) is 0. The maximum absolute atomic E-state index is 6.54. The van der Waals surface area contributed by atoms with Crippen LogP contribution in [0.1, 0.15) is 22.3 Å². The molecule has 0 saturated carbocycles. The molecule has 0 heterocycles. The second kappa shape index (κ2) is 8.97. The van der Waals surface area contributed by atoms with Crippen molar-refractivity contribution in [2.24, 2.45) is 0 Å². The maximum Gasteiger partial charge on any atom is 0.0468 e. The van der Waals surface area contributed by atoms with Crippen LogP contribution in [0.5, 0.6) is 0 Å². The molecular formula is C28H24N2. The van der Waals surface area contributed by atoms with E-state index in [4.69, 9.17) is 11.5 Å². The van der Waals surface area contributed by atoms with Crippen molar-refractivity contribution in [1.82, 2.24) is 0 Å². The Balaban J connectivity index is 1.67. The fourth-order valence-electron chi connectivity index (χ4n) is 3.43. The number of nitrogen functional groups attached to an aromatic ring is 2. The first-order valence-electron chi connectivity index (χ1n) is 9.96. The van der Waals surface area contributed by atoms with Crippen LogP contribution in [0.4, 0.5) is 11.4 Å². The predicted octanol–water partition coefficient (Wildman–Crippen LogP) is 6.86. The van der Waals surface area contributed by atoms with Gasteiger partial charge in [-0.2, -0.15) is 0 Å². The van der Waals surface area contributed by atoms with Crippen LogP contribution in [0.25, 0.3) is 35.4 Å². The maximum atomic E-state index is 6.54. The zero-order valence-corrected chi connectivity index (χ0v) is 16.7. The quantitative estimate of drug-likeness (QED) is 0.290. The number of rotatable bonds is 5. The Morgan fingerprint density at radius 1 is 0.400 bits per heavy atom. The third kappa shape index (κ3) is 4.34. The van der Waals surface area contributed by atoms with Crippen LogP contribution in [-0.2, 0) is 0 Å². The van der Waals surface area contributed by atoms with Crippen molar-refractivity contribution in [2.75, 3.05) is 11.5 Å². The summed E-state index contributed by atoms with van der Waals surface area (Å²) in [5.41, 5.74) is 20.6. The topological polar surface area (TPSA) is 52.0 Å². The molecule has 146 valence electrons. The van der Waals surface area contributed by atoms with Gasteiger partial charge in [-0.3, -0.25) is 0 Å². The van der Waals surface area contributed by atoms with Gasteiger partial charge in [-0.15, -0.1) is 0 Å². The number of hydrogen-bond donors (Lipinski definition) is 2. The molecule has 30 heavy (non-hydrogen) atoms. The molecule has 4 aromatic rings. The molecule has 2 nitrogen and oxygen atoms in total. The molecule has 4 aromatic carbocycles. The Morgan fingerprint density at radius 2 is 0.800 bits per heavy atom. The van der Waals surface area contributed by atoms with Gasteiger partial charge in [0.1, 0.15) is 0 Å². The first kappa shape index (κ1) is 19.3. The average Bonchev–Trinajstić information content (AvgIpc) is 2.79. The van der Waals surface area contributed by atoms with E-state index in [-0.39, 0.29) is 0 Å². The van der Waals surface area contributed by atoms with Crippen molar-refractivity contribution < 1.29 is 0 Å². The van der Waals surface area contributed by atoms with E-state index >= 15 is 0 Å². The van der Waals surface area contributed by atoms with Crippen LogP contribution in [0.3, 0.4) is 0 Å². The highest BCUT2D eigenvalue weighted by atomic mass is 14.6. The van der Waals surface area contributed by atoms with Crippen molar-refractivity contribution >= 4 is 35.7 Å². The van der Waals surface area contributed by atoms with Crippen LogP contribution in [-0.4, -0.2) is 0 Å². The molecule has 0 aliphatic heterocycles. The lowest BCUT2D eigenvalue weighted by molar-refractivity contribution is 1.57. The second-order valence-electron chi connectivity index (χ2n) is 7.10. The summed E-state index contributed by atoms with van der Waals surface area (Å²) < 4.78 is 0. The number of nitrogens with two attached hydrogens (primary N) is 2. The summed E-state index contributed by atoms with van der Waals surface area (Å²) in [6.07, 6.45) is 8.22. The van der Waals surface area contributed by atoms with Gasteiger partial charge in [0, 0.05) is 22.5 Å². The molecule has 0 saturated heterocycles. The fraction of sp³-hybridized carbons (Fsp3) is 0. The Morgan fingerprint density at radius 3 is 1.20 bits per heavy atom. The monoisotopic (exact) mass is 388 g/mol. The van der Waals surface area contributed by atoms with Crippen LogP contribution in [0, 0.1) is 0 Å². The predicted molar refractivity (Wildman–Crippen MR) is 131 cm³/mol. The van der Waals surface area contributed by atoms with Crippen molar-refractivity contribution in [3.63, 3.8) is 0 Å². The standard InChI is InChI=1S/C28H24N2/c29-27-23(19-17-21-9-3-1-4-10-21)13-7-15-25(27)26-16-8-14-24(28(26)30)20-18-22-11-5-2-6-12-22/h1-20H,29-30H2/b19-17+,20-18+. The minimum Gasteiger partial charge on any atom is -0.398 e. The first-order chi connectivity index (χ1) is 14.7. The lowest BCUT2D eigenvalue weighted by Crippen LogP contribution is -1.98. The van der Waals surface area contributed by atoms with Gasteiger partial charge in [-0.05, 0) is 22.3 Å². The Kier molecular flexibility index (Phi) is 5.77. The molecular weight excluding hydrogens is 364 g/mol. The normalized spacial score (nSPS) is 11.3. The molecule has 0 radical (unpaired) electrons. The van der Waals surface area contributed by atoms with Gasteiger partial charge in [0.25, 0.3) is 0 Å². The Hall–Kier alpha value is -4.04. The minimum atomic E-state index is 0.723. The smallest absolute Gasteiger partial charge is 0.0468 e. The van der Waals surface area contributed by atoms with Gasteiger partial charge in [0.2, 0.25) is 0 Å². The van der Waals surface area contributed by atoms with Gasteiger partial charge in [-0.25, -0.2) is 0 Å². The van der Waals surface area contributed by atoms with E-state index in [0.29, 0.717) is 0 Å². The molecule has 0 aliphatic rings. The SMILES string of the molecule is Nc1c(/C=C/c2ccccc2)cccc1-c1cccc(/C=C/c2ccccc2)c1N. The van der Waals surface area contributed by atoms with E-state index in [1.807, 2.05) is 84.9 Å². The highest BCUT2D eigenvalue weighted by Gasteiger charge is 2.10. The van der Waals surface area contributed by atoms with Gasteiger partial charge >= 0.3 is 0 Å². The molecule has 0 aromatic heterocycles. The van der Waals surface area contributed by atoms with Crippen LogP contribution >= 0.6 is 0 Å². The zero-order chi connectivity index (χ0) is 20.8. The number of anilines is 2. The molecule has 0 amide bonds. The van der Waals surface area contributed by atoms with E-state index in [0.717, 1.165) is 44.8 Å². The molecule has 4 rings (SSSR count). The average molecular weight is 389 g/mol. The molecule has 0 fully saturated rings. The zero-order valence-electron chi connectivity index (χ0n) is 16.7. The van der Waals surface area contributed by atoms with E-state index in [1.54, 1.807) is 0 Å². The molecule has 0 spiro atoms. The van der Waals surface area contributed by atoms with Gasteiger partial charge in [-0.1, -0.05) is 121 Å². The summed E-state index contributed by atoms with van der Waals surface area (Å²) in [7, 11) is 0. The highest BCUT2D eigenvalue weighted by Crippen LogP contribution is 2.35.